The molecule has 0 spiro atoms. The van der Waals surface area contributed by atoms with Crippen molar-refractivity contribution in [1.29, 1.82) is 0 Å². The van der Waals surface area contributed by atoms with E-state index in [-0.39, 0.29) is 5.82 Å². The fourth-order valence-electron chi connectivity index (χ4n) is 1.62. The predicted molar refractivity (Wildman–Crippen MR) is 77.4 cm³/mol. The number of halogens is 3. The second-order valence-corrected chi connectivity index (χ2v) is 5.06. The molecule has 4 heteroatoms. The first-order valence-electron chi connectivity index (χ1n) is 5.52. The molecule has 0 amide bonds. The van der Waals surface area contributed by atoms with Crippen molar-refractivity contribution < 1.29 is 4.39 Å². The molecule has 0 fully saturated rings. The van der Waals surface area contributed by atoms with Gasteiger partial charge in [-0.15, -0.1) is 11.6 Å². The van der Waals surface area contributed by atoms with Crippen molar-refractivity contribution >= 4 is 33.2 Å². The fourth-order valence-corrected chi connectivity index (χ4v) is 2.21. The van der Waals surface area contributed by atoms with Gasteiger partial charge in [-0.05, 0) is 51.3 Å². The number of alkyl halides is 1. The van der Waals surface area contributed by atoms with Gasteiger partial charge in [-0.1, -0.05) is 18.2 Å². The average molecular weight is 329 g/mol. The van der Waals surface area contributed by atoms with E-state index in [4.69, 9.17) is 11.6 Å². The lowest BCUT2D eigenvalue weighted by Gasteiger charge is -2.08. The Balaban J connectivity index is 2.04. The van der Waals surface area contributed by atoms with E-state index in [2.05, 4.69) is 21.2 Å². The van der Waals surface area contributed by atoms with E-state index in [1.807, 2.05) is 24.3 Å². The Morgan fingerprint density at radius 3 is 2.67 bits per heavy atom. The van der Waals surface area contributed by atoms with Crippen molar-refractivity contribution in [2.75, 3.05) is 5.32 Å². The Kier molecular flexibility index (Phi) is 4.61. The average Bonchev–Trinajstić information content (AvgIpc) is 2.40. The molecule has 94 valence electrons. The van der Waals surface area contributed by atoms with Crippen LogP contribution in [-0.2, 0) is 12.4 Å². The summed E-state index contributed by atoms with van der Waals surface area (Å²) in [6.07, 6.45) is 0. The fraction of sp³-hybridized carbons (Fsp3) is 0.143. The zero-order chi connectivity index (χ0) is 13.0. The molecule has 2 aromatic rings. The first kappa shape index (κ1) is 13.4. The van der Waals surface area contributed by atoms with Crippen molar-refractivity contribution in [3.05, 3.63) is 63.9 Å². The van der Waals surface area contributed by atoms with Crippen molar-refractivity contribution in [3.8, 4) is 0 Å². The minimum absolute atomic E-state index is 0.247. The highest BCUT2D eigenvalue weighted by molar-refractivity contribution is 9.10. The first-order valence-corrected chi connectivity index (χ1v) is 6.84. The molecule has 0 aliphatic carbocycles. The lowest BCUT2D eigenvalue weighted by Crippen LogP contribution is -2.00. The van der Waals surface area contributed by atoms with E-state index in [0.717, 1.165) is 16.8 Å². The summed E-state index contributed by atoms with van der Waals surface area (Å²) in [5, 5.41) is 3.28. The minimum Gasteiger partial charge on any atom is -0.381 e. The normalized spacial score (nSPS) is 10.4. The highest BCUT2D eigenvalue weighted by Crippen LogP contribution is 2.18. The zero-order valence-electron chi connectivity index (χ0n) is 9.59. The summed E-state index contributed by atoms with van der Waals surface area (Å²) in [5.41, 5.74) is 3.09. The van der Waals surface area contributed by atoms with Gasteiger partial charge in [0, 0.05) is 18.1 Å². The summed E-state index contributed by atoms with van der Waals surface area (Å²) in [5.74, 6) is 0.250. The molecule has 0 radical (unpaired) electrons. The minimum atomic E-state index is -0.247. The molecule has 2 aromatic carbocycles. The van der Waals surface area contributed by atoms with Crippen LogP contribution in [0.25, 0.3) is 0 Å². The Labute approximate surface area is 119 Å². The Morgan fingerprint density at radius 2 is 1.94 bits per heavy atom. The van der Waals surface area contributed by atoms with Crippen LogP contribution in [-0.4, -0.2) is 0 Å². The zero-order valence-corrected chi connectivity index (χ0v) is 11.9. The van der Waals surface area contributed by atoms with Crippen LogP contribution in [0.1, 0.15) is 11.1 Å². The van der Waals surface area contributed by atoms with Crippen LogP contribution < -0.4 is 5.32 Å². The monoisotopic (exact) mass is 327 g/mol. The Bertz CT molecular complexity index is 545. The summed E-state index contributed by atoms with van der Waals surface area (Å²) >= 11 is 8.95. The number of hydrogen-bond acceptors (Lipinski definition) is 1. The molecule has 0 aromatic heterocycles. The van der Waals surface area contributed by atoms with Gasteiger partial charge in [0.1, 0.15) is 5.82 Å². The largest absolute Gasteiger partial charge is 0.381 e. The van der Waals surface area contributed by atoms with Gasteiger partial charge >= 0.3 is 0 Å². The molecule has 0 aliphatic rings. The summed E-state index contributed by atoms with van der Waals surface area (Å²) < 4.78 is 13.6. The van der Waals surface area contributed by atoms with Gasteiger partial charge < -0.3 is 5.32 Å². The third-order valence-electron chi connectivity index (χ3n) is 2.56. The van der Waals surface area contributed by atoms with Crippen LogP contribution in [0.5, 0.6) is 0 Å². The third kappa shape index (κ3) is 3.47. The molecule has 1 N–H and O–H groups in total. The van der Waals surface area contributed by atoms with Crippen molar-refractivity contribution in [3.63, 3.8) is 0 Å². The highest BCUT2D eigenvalue weighted by atomic mass is 79.9. The van der Waals surface area contributed by atoms with Crippen LogP contribution in [0.15, 0.2) is 46.9 Å². The maximum absolute atomic E-state index is 13.1. The Hall–Kier alpha value is -1.06. The summed E-state index contributed by atoms with van der Waals surface area (Å²) in [7, 11) is 0. The maximum Gasteiger partial charge on any atom is 0.137 e. The van der Waals surface area contributed by atoms with Gasteiger partial charge in [0.25, 0.3) is 0 Å². The molecular formula is C14H12BrClFN. The molecule has 0 bridgehead atoms. The second-order valence-electron chi connectivity index (χ2n) is 3.94. The van der Waals surface area contributed by atoms with Crippen LogP contribution in [0, 0.1) is 5.82 Å². The predicted octanol–water partition coefficient (Wildman–Crippen LogP) is 4.94. The molecule has 18 heavy (non-hydrogen) atoms. The molecule has 0 heterocycles. The van der Waals surface area contributed by atoms with Gasteiger partial charge in [0.2, 0.25) is 0 Å². The molecule has 0 saturated heterocycles. The van der Waals surface area contributed by atoms with Gasteiger partial charge in [-0.2, -0.15) is 0 Å². The maximum atomic E-state index is 13.1. The van der Waals surface area contributed by atoms with Crippen LogP contribution >= 0.6 is 27.5 Å². The van der Waals surface area contributed by atoms with E-state index in [1.54, 1.807) is 12.1 Å². The smallest absolute Gasteiger partial charge is 0.137 e. The van der Waals surface area contributed by atoms with Gasteiger partial charge in [0.05, 0.1) is 4.47 Å². The van der Waals surface area contributed by atoms with Crippen LogP contribution in [0.2, 0.25) is 0 Å². The number of nitrogens with one attached hydrogen (secondary N) is 1. The quantitative estimate of drug-likeness (QED) is 0.784. The molecule has 0 unspecified atom stereocenters. The Morgan fingerprint density at radius 1 is 1.11 bits per heavy atom. The second kappa shape index (κ2) is 6.21. The number of benzene rings is 2. The summed E-state index contributed by atoms with van der Waals surface area (Å²) in [4.78, 5) is 0. The molecule has 0 aliphatic heterocycles. The highest BCUT2D eigenvalue weighted by Gasteiger charge is 2.01. The number of rotatable bonds is 4. The molecule has 0 atom stereocenters. The van der Waals surface area contributed by atoms with E-state index >= 15 is 0 Å². The van der Waals surface area contributed by atoms with E-state index in [0.29, 0.717) is 16.9 Å². The molecular weight excluding hydrogens is 317 g/mol. The molecule has 2 rings (SSSR count). The van der Waals surface area contributed by atoms with E-state index < -0.39 is 0 Å². The third-order valence-corrected chi connectivity index (χ3v) is 3.48. The van der Waals surface area contributed by atoms with Crippen molar-refractivity contribution in [1.82, 2.24) is 0 Å². The summed E-state index contributed by atoms with van der Waals surface area (Å²) in [6.45, 7) is 0.643. The lowest BCUT2D eigenvalue weighted by molar-refractivity contribution is 0.620. The van der Waals surface area contributed by atoms with Gasteiger partial charge in [0.15, 0.2) is 0 Å². The van der Waals surface area contributed by atoms with Crippen molar-refractivity contribution in [2.24, 2.45) is 0 Å². The topological polar surface area (TPSA) is 12.0 Å². The number of anilines is 1. The van der Waals surface area contributed by atoms with Crippen LogP contribution in [0.4, 0.5) is 10.1 Å². The van der Waals surface area contributed by atoms with E-state index in [1.165, 1.54) is 6.07 Å². The van der Waals surface area contributed by atoms with E-state index in [9.17, 15) is 4.39 Å². The number of hydrogen-bond donors (Lipinski definition) is 1. The summed E-state index contributed by atoms with van der Waals surface area (Å²) in [6, 6.07) is 12.9. The molecule has 1 nitrogen and oxygen atoms in total. The molecule has 0 saturated carbocycles. The SMILES string of the molecule is Fc1ccc(CNc2cccc(CCl)c2)cc1Br. The first-order chi connectivity index (χ1) is 8.69. The lowest BCUT2D eigenvalue weighted by atomic mass is 10.2. The standard InChI is InChI=1S/C14H12BrClFN/c15-13-7-11(4-5-14(13)17)9-18-12-3-1-2-10(6-12)8-16/h1-7,18H,8-9H2. The van der Waals surface area contributed by atoms with Crippen LogP contribution in [0.3, 0.4) is 0 Å². The van der Waals surface area contributed by atoms with Gasteiger partial charge in [-0.25, -0.2) is 4.39 Å². The van der Waals surface area contributed by atoms with Gasteiger partial charge in [-0.3, -0.25) is 0 Å². The van der Waals surface area contributed by atoms with Crippen molar-refractivity contribution in [2.45, 2.75) is 12.4 Å².